The maximum absolute atomic E-state index is 12.9. The first-order valence-electron chi connectivity index (χ1n) is 9.81. The van der Waals surface area contributed by atoms with Gasteiger partial charge in [-0.15, -0.1) is 0 Å². The summed E-state index contributed by atoms with van der Waals surface area (Å²) in [5.41, 5.74) is 1.03. The number of pyridine rings is 1. The highest BCUT2D eigenvalue weighted by molar-refractivity contribution is 6.36. The standard InChI is InChI=1S/C22H27Cl2N3O3/c1-13(2)10-19(27-20(28)17-8-7-16(23)11-18(17)24)21(29)26-12-15-6-5-9-25-22(15)30-14(3)4/h5-9,11,13-14,19H,10,12H2,1-4H3,(H,26,29)(H,27,28). The van der Waals surface area contributed by atoms with Crippen LogP contribution in [0, 0.1) is 5.92 Å². The summed E-state index contributed by atoms with van der Waals surface area (Å²) in [6.45, 7) is 8.02. The van der Waals surface area contributed by atoms with Gasteiger partial charge in [0.05, 0.1) is 16.7 Å². The maximum Gasteiger partial charge on any atom is 0.253 e. The quantitative estimate of drug-likeness (QED) is 0.581. The third-order valence-corrected chi connectivity index (χ3v) is 4.70. The Kier molecular flexibility index (Phi) is 8.93. The lowest BCUT2D eigenvalue weighted by atomic mass is 10.0. The second-order valence-electron chi connectivity index (χ2n) is 7.63. The van der Waals surface area contributed by atoms with Crippen LogP contribution in [0.1, 0.15) is 50.0 Å². The average molecular weight is 452 g/mol. The third kappa shape index (κ3) is 7.18. The van der Waals surface area contributed by atoms with Crippen LogP contribution < -0.4 is 15.4 Å². The molecule has 2 N–H and O–H groups in total. The molecule has 30 heavy (non-hydrogen) atoms. The number of hydrogen-bond donors (Lipinski definition) is 2. The Morgan fingerprint density at radius 1 is 1.13 bits per heavy atom. The molecule has 162 valence electrons. The highest BCUT2D eigenvalue weighted by Crippen LogP contribution is 2.21. The van der Waals surface area contributed by atoms with Crippen LogP contribution >= 0.6 is 23.2 Å². The van der Waals surface area contributed by atoms with Gasteiger partial charge in [-0.1, -0.05) is 43.1 Å². The van der Waals surface area contributed by atoms with Crippen LogP contribution in [-0.2, 0) is 11.3 Å². The SMILES string of the molecule is CC(C)CC(NC(=O)c1ccc(Cl)cc1Cl)C(=O)NCc1cccnc1OC(C)C. The van der Waals surface area contributed by atoms with Crippen LogP contribution in [0.25, 0.3) is 0 Å². The molecule has 2 aromatic rings. The molecule has 0 spiro atoms. The van der Waals surface area contributed by atoms with Gasteiger partial charge in [-0.3, -0.25) is 9.59 Å². The molecular formula is C22H27Cl2N3O3. The van der Waals surface area contributed by atoms with Gasteiger partial charge in [-0.2, -0.15) is 0 Å². The lowest BCUT2D eigenvalue weighted by molar-refractivity contribution is -0.123. The van der Waals surface area contributed by atoms with E-state index in [1.807, 2.05) is 33.8 Å². The van der Waals surface area contributed by atoms with E-state index < -0.39 is 11.9 Å². The highest BCUT2D eigenvalue weighted by atomic mass is 35.5. The predicted octanol–water partition coefficient (Wildman–Crippen LogP) is 4.64. The second kappa shape index (κ2) is 11.2. The largest absolute Gasteiger partial charge is 0.475 e. The molecule has 1 aromatic heterocycles. The summed E-state index contributed by atoms with van der Waals surface area (Å²) in [5, 5.41) is 6.32. The third-order valence-electron chi connectivity index (χ3n) is 4.16. The summed E-state index contributed by atoms with van der Waals surface area (Å²) in [7, 11) is 0. The fourth-order valence-electron chi connectivity index (χ4n) is 2.81. The fraction of sp³-hybridized carbons (Fsp3) is 0.409. The molecule has 2 rings (SSSR count). The first kappa shape index (κ1) is 24.0. The van der Waals surface area contributed by atoms with Gasteiger partial charge < -0.3 is 15.4 Å². The minimum absolute atomic E-state index is 0.0357. The van der Waals surface area contributed by atoms with Crippen molar-refractivity contribution in [1.29, 1.82) is 0 Å². The Morgan fingerprint density at radius 2 is 1.87 bits per heavy atom. The van der Waals surface area contributed by atoms with Gasteiger partial charge in [0, 0.05) is 23.3 Å². The van der Waals surface area contributed by atoms with Crippen molar-refractivity contribution in [2.45, 2.75) is 52.8 Å². The van der Waals surface area contributed by atoms with Crippen molar-refractivity contribution in [2.24, 2.45) is 5.92 Å². The Hall–Kier alpha value is -2.31. The molecule has 8 heteroatoms. The summed E-state index contributed by atoms with van der Waals surface area (Å²) < 4.78 is 5.69. The molecule has 0 fully saturated rings. The summed E-state index contributed by atoms with van der Waals surface area (Å²) >= 11 is 12.0. The molecule has 1 unspecified atom stereocenters. The van der Waals surface area contributed by atoms with Crippen molar-refractivity contribution in [2.75, 3.05) is 0 Å². The van der Waals surface area contributed by atoms with E-state index in [0.29, 0.717) is 17.3 Å². The van der Waals surface area contributed by atoms with Crippen molar-refractivity contribution in [3.05, 3.63) is 57.7 Å². The zero-order chi connectivity index (χ0) is 22.3. The zero-order valence-corrected chi connectivity index (χ0v) is 19.1. The average Bonchev–Trinajstić information content (AvgIpc) is 2.65. The number of hydrogen-bond acceptors (Lipinski definition) is 4. The van der Waals surface area contributed by atoms with E-state index in [1.54, 1.807) is 18.3 Å². The topological polar surface area (TPSA) is 80.3 Å². The van der Waals surface area contributed by atoms with Gasteiger partial charge in [0.2, 0.25) is 11.8 Å². The monoisotopic (exact) mass is 451 g/mol. The van der Waals surface area contributed by atoms with Crippen molar-refractivity contribution in [3.63, 3.8) is 0 Å². The van der Waals surface area contributed by atoms with Gasteiger partial charge >= 0.3 is 0 Å². The highest BCUT2D eigenvalue weighted by Gasteiger charge is 2.24. The molecule has 0 radical (unpaired) electrons. The number of carbonyl (C=O) groups excluding carboxylic acids is 2. The molecule has 0 aliphatic rings. The van der Waals surface area contributed by atoms with Crippen molar-refractivity contribution >= 4 is 35.0 Å². The van der Waals surface area contributed by atoms with Crippen LogP contribution in [0.4, 0.5) is 0 Å². The van der Waals surface area contributed by atoms with E-state index in [0.717, 1.165) is 5.56 Å². The van der Waals surface area contributed by atoms with Gasteiger partial charge in [-0.05, 0) is 50.5 Å². The zero-order valence-electron chi connectivity index (χ0n) is 17.5. The Morgan fingerprint density at radius 3 is 2.50 bits per heavy atom. The number of aromatic nitrogens is 1. The van der Waals surface area contributed by atoms with Crippen LogP contribution in [0.15, 0.2) is 36.5 Å². The number of nitrogens with one attached hydrogen (secondary N) is 2. The number of ether oxygens (including phenoxy) is 1. The second-order valence-corrected chi connectivity index (χ2v) is 8.48. The normalized spacial score (nSPS) is 12.0. The Labute approximate surface area is 187 Å². The van der Waals surface area contributed by atoms with E-state index in [4.69, 9.17) is 27.9 Å². The van der Waals surface area contributed by atoms with E-state index in [-0.39, 0.29) is 35.1 Å². The van der Waals surface area contributed by atoms with Crippen molar-refractivity contribution in [1.82, 2.24) is 15.6 Å². The van der Waals surface area contributed by atoms with E-state index in [1.165, 1.54) is 12.1 Å². The smallest absolute Gasteiger partial charge is 0.253 e. The molecular weight excluding hydrogens is 425 g/mol. The molecule has 1 aromatic carbocycles. The van der Waals surface area contributed by atoms with Crippen LogP contribution in [0.5, 0.6) is 5.88 Å². The molecule has 1 atom stereocenters. The summed E-state index contributed by atoms with van der Waals surface area (Å²) in [6, 6.07) is 7.52. The van der Waals surface area contributed by atoms with Crippen molar-refractivity contribution < 1.29 is 14.3 Å². The molecule has 0 saturated carbocycles. The molecule has 0 aliphatic heterocycles. The van der Waals surface area contributed by atoms with Gasteiger partial charge in [0.25, 0.3) is 5.91 Å². The first-order chi connectivity index (χ1) is 14.2. The molecule has 1 heterocycles. The van der Waals surface area contributed by atoms with Crippen LogP contribution in [0.3, 0.4) is 0 Å². The number of amides is 2. The summed E-state index contributed by atoms with van der Waals surface area (Å²) in [4.78, 5) is 29.8. The van der Waals surface area contributed by atoms with Crippen molar-refractivity contribution in [3.8, 4) is 5.88 Å². The molecule has 0 bridgehead atoms. The minimum Gasteiger partial charge on any atom is -0.475 e. The van der Waals surface area contributed by atoms with E-state index >= 15 is 0 Å². The predicted molar refractivity (Wildman–Crippen MR) is 119 cm³/mol. The molecule has 0 saturated heterocycles. The van der Waals surface area contributed by atoms with E-state index in [2.05, 4.69) is 15.6 Å². The fourth-order valence-corrected chi connectivity index (χ4v) is 3.30. The number of nitrogens with zero attached hydrogens (tertiary/aromatic N) is 1. The van der Waals surface area contributed by atoms with Crippen LogP contribution in [0.2, 0.25) is 10.0 Å². The maximum atomic E-state index is 12.9. The summed E-state index contributed by atoms with van der Waals surface area (Å²) in [5.74, 6) is -0.0469. The number of halogens is 2. The number of rotatable bonds is 9. The van der Waals surface area contributed by atoms with Gasteiger partial charge in [-0.25, -0.2) is 4.98 Å². The molecule has 0 aliphatic carbocycles. The van der Waals surface area contributed by atoms with Gasteiger partial charge in [0.1, 0.15) is 6.04 Å². The van der Waals surface area contributed by atoms with Crippen LogP contribution in [-0.4, -0.2) is 28.9 Å². The lowest BCUT2D eigenvalue weighted by Crippen LogP contribution is -2.47. The Bertz CT molecular complexity index is 888. The number of benzene rings is 1. The summed E-state index contributed by atoms with van der Waals surface area (Å²) in [6.07, 6.45) is 2.08. The first-order valence-corrected chi connectivity index (χ1v) is 10.6. The number of carbonyl (C=O) groups is 2. The minimum atomic E-state index is -0.713. The molecule has 6 nitrogen and oxygen atoms in total. The Balaban J connectivity index is 2.09. The van der Waals surface area contributed by atoms with E-state index in [9.17, 15) is 9.59 Å². The molecule has 2 amide bonds. The van der Waals surface area contributed by atoms with Gasteiger partial charge in [0.15, 0.2) is 0 Å². The lowest BCUT2D eigenvalue weighted by Gasteiger charge is -2.21.